The van der Waals surface area contributed by atoms with Crippen LogP contribution in [0.3, 0.4) is 0 Å². The zero-order valence-corrected chi connectivity index (χ0v) is 16.8. The predicted molar refractivity (Wildman–Crippen MR) is 107 cm³/mol. The van der Waals surface area contributed by atoms with Crippen molar-refractivity contribution in [2.24, 2.45) is 5.92 Å². The smallest absolute Gasteiger partial charge is 0.261 e. The topological polar surface area (TPSA) is 66.5 Å². The number of nitrogens with one attached hydrogen (secondary N) is 1. The lowest BCUT2D eigenvalue weighted by molar-refractivity contribution is 0.0683. The van der Waals surface area contributed by atoms with Crippen LogP contribution in [-0.2, 0) is 10.0 Å². The van der Waals surface area contributed by atoms with E-state index < -0.39 is 10.0 Å². The third-order valence-corrected chi connectivity index (χ3v) is 6.50. The van der Waals surface area contributed by atoms with Crippen LogP contribution >= 0.6 is 0 Å². The van der Waals surface area contributed by atoms with Crippen LogP contribution in [0.4, 0.5) is 5.69 Å². The van der Waals surface area contributed by atoms with Gasteiger partial charge in [-0.1, -0.05) is 13.0 Å². The van der Waals surface area contributed by atoms with Crippen molar-refractivity contribution in [1.29, 1.82) is 0 Å². The van der Waals surface area contributed by atoms with Gasteiger partial charge in [-0.2, -0.15) is 0 Å². The molecule has 0 radical (unpaired) electrons. The molecule has 1 N–H and O–H groups in total. The maximum absolute atomic E-state index is 12.6. The molecule has 1 aliphatic rings. The molecule has 2 aromatic rings. The van der Waals surface area contributed by atoms with E-state index in [0.717, 1.165) is 37.1 Å². The van der Waals surface area contributed by atoms with Gasteiger partial charge < -0.3 is 4.90 Å². The lowest BCUT2D eigenvalue weighted by Crippen LogP contribution is -2.39. The maximum Gasteiger partial charge on any atom is 0.261 e. The van der Waals surface area contributed by atoms with Gasteiger partial charge in [0, 0.05) is 24.3 Å². The Hall–Kier alpha value is -2.34. The molecule has 0 bridgehead atoms. The van der Waals surface area contributed by atoms with E-state index in [2.05, 4.69) is 11.6 Å². The predicted octanol–water partition coefficient (Wildman–Crippen LogP) is 3.98. The Morgan fingerprint density at radius 2 is 1.78 bits per heavy atom. The van der Waals surface area contributed by atoms with E-state index in [1.54, 1.807) is 42.5 Å². The summed E-state index contributed by atoms with van der Waals surface area (Å²) in [6.45, 7) is 7.54. The molecule has 1 saturated heterocycles. The summed E-state index contributed by atoms with van der Waals surface area (Å²) in [5.74, 6) is 0.525. The molecule has 0 saturated carbocycles. The molecule has 27 heavy (non-hydrogen) atoms. The number of sulfonamides is 1. The summed E-state index contributed by atoms with van der Waals surface area (Å²) in [5.41, 5.74) is 2.99. The van der Waals surface area contributed by atoms with Gasteiger partial charge in [0.15, 0.2) is 0 Å². The van der Waals surface area contributed by atoms with Gasteiger partial charge in [-0.25, -0.2) is 8.42 Å². The first-order chi connectivity index (χ1) is 12.8. The van der Waals surface area contributed by atoms with Crippen molar-refractivity contribution in [3.8, 4) is 0 Å². The minimum Gasteiger partial charge on any atom is -0.338 e. The first kappa shape index (κ1) is 19.4. The van der Waals surface area contributed by atoms with Crippen molar-refractivity contribution in [1.82, 2.24) is 4.90 Å². The monoisotopic (exact) mass is 386 g/mol. The van der Waals surface area contributed by atoms with Gasteiger partial charge in [0.25, 0.3) is 15.9 Å². The van der Waals surface area contributed by atoms with Gasteiger partial charge in [-0.15, -0.1) is 0 Å². The highest BCUT2D eigenvalue weighted by molar-refractivity contribution is 7.92. The lowest BCUT2D eigenvalue weighted by atomic mass is 9.99. The number of carbonyl (C=O) groups is 1. The highest BCUT2D eigenvalue weighted by Gasteiger charge is 2.22. The Labute approximate surface area is 161 Å². The Balaban J connectivity index is 1.73. The summed E-state index contributed by atoms with van der Waals surface area (Å²) in [6, 6.07) is 11.7. The SMILES string of the molecule is Cc1ccc(S(=O)(=O)Nc2ccc(C(=O)N3CCCC(C)C3)cc2)cc1C. The third-order valence-electron chi connectivity index (χ3n) is 5.12. The zero-order valence-electron chi connectivity index (χ0n) is 16.0. The number of piperidine rings is 1. The molecular weight excluding hydrogens is 360 g/mol. The van der Waals surface area contributed by atoms with E-state index in [1.807, 2.05) is 18.7 Å². The second-order valence-corrected chi connectivity index (χ2v) is 9.11. The Morgan fingerprint density at radius 1 is 1.07 bits per heavy atom. The van der Waals surface area contributed by atoms with Crippen molar-refractivity contribution in [3.05, 3.63) is 59.2 Å². The minimum atomic E-state index is -3.66. The van der Waals surface area contributed by atoms with E-state index in [0.29, 0.717) is 17.2 Å². The quantitative estimate of drug-likeness (QED) is 0.864. The molecule has 2 aromatic carbocycles. The molecule has 1 atom stereocenters. The number of hydrogen-bond acceptors (Lipinski definition) is 3. The van der Waals surface area contributed by atoms with Crippen molar-refractivity contribution in [2.75, 3.05) is 17.8 Å². The van der Waals surface area contributed by atoms with Gasteiger partial charge >= 0.3 is 0 Å². The van der Waals surface area contributed by atoms with Crippen molar-refractivity contribution >= 4 is 21.6 Å². The molecule has 1 aliphatic heterocycles. The molecule has 1 heterocycles. The normalized spacial score (nSPS) is 17.6. The number of likely N-dealkylation sites (tertiary alicyclic amines) is 1. The van der Waals surface area contributed by atoms with Crippen LogP contribution < -0.4 is 4.72 Å². The van der Waals surface area contributed by atoms with Gasteiger partial charge in [0.2, 0.25) is 0 Å². The fourth-order valence-corrected chi connectivity index (χ4v) is 4.48. The minimum absolute atomic E-state index is 0.00474. The van der Waals surface area contributed by atoms with E-state index in [9.17, 15) is 13.2 Å². The largest absolute Gasteiger partial charge is 0.338 e. The van der Waals surface area contributed by atoms with Crippen molar-refractivity contribution in [3.63, 3.8) is 0 Å². The molecule has 0 spiro atoms. The fraction of sp³-hybridized carbons (Fsp3) is 0.381. The molecule has 0 aromatic heterocycles. The van der Waals surface area contributed by atoms with Crippen molar-refractivity contribution in [2.45, 2.75) is 38.5 Å². The molecule has 5 nitrogen and oxygen atoms in total. The first-order valence-corrected chi connectivity index (χ1v) is 10.7. The van der Waals surface area contributed by atoms with Crippen LogP contribution in [0.25, 0.3) is 0 Å². The van der Waals surface area contributed by atoms with E-state index in [1.165, 1.54) is 0 Å². The molecule has 6 heteroatoms. The van der Waals surface area contributed by atoms with E-state index in [-0.39, 0.29) is 10.8 Å². The van der Waals surface area contributed by atoms with Crippen LogP contribution in [-0.4, -0.2) is 32.3 Å². The number of amides is 1. The standard InChI is InChI=1S/C21H26N2O3S/c1-15-5-4-12-23(14-15)21(24)18-7-9-19(10-8-18)22-27(25,26)20-11-6-16(2)17(3)13-20/h6-11,13,15,22H,4-5,12,14H2,1-3H3. The van der Waals surface area contributed by atoms with E-state index >= 15 is 0 Å². The number of hydrogen-bond donors (Lipinski definition) is 1. The number of nitrogens with zero attached hydrogens (tertiary/aromatic N) is 1. The highest BCUT2D eigenvalue weighted by Crippen LogP contribution is 2.21. The average Bonchev–Trinajstić information content (AvgIpc) is 2.63. The molecule has 1 amide bonds. The first-order valence-electron chi connectivity index (χ1n) is 9.26. The van der Waals surface area contributed by atoms with Gasteiger partial charge in [-0.05, 0) is 80.1 Å². The number of rotatable bonds is 4. The van der Waals surface area contributed by atoms with Gasteiger partial charge in [0.1, 0.15) is 0 Å². The average molecular weight is 387 g/mol. The third kappa shape index (κ3) is 4.50. The summed E-state index contributed by atoms with van der Waals surface area (Å²) >= 11 is 0. The summed E-state index contributed by atoms with van der Waals surface area (Å²) < 4.78 is 27.7. The second-order valence-electron chi connectivity index (χ2n) is 7.43. The van der Waals surface area contributed by atoms with Crippen LogP contribution in [0.1, 0.15) is 41.3 Å². The summed E-state index contributed by atoms with van der Waals surface area (Å²) in [7, 11) is -3.66. The Bertz CT molecular complexity index is 936. The maximum atomic E-state index is 12.6. The highest BCUT2D eigenvalue weighted by atomic mass is 32.2. The number of benzene rings is 2. The Morgan fingerprint density at radius 3 is 2.41 bits per heavy atom. The molecular formula is C21H26N2O3S. The number of aryl methyl sites for hydroxylation is 2. The summed E-state index contributed by atoms with van der Waals surface area (Å²) in [5, 5.41) is 0. The zero-order chi connectivity index (χ0) is 19.6. The molecule has 144 valence electrons. The molecule has 0 aliphatic carbocycles. The number of carbonyl (C=O) groups excluding carboxylic acids is 1. The lowest BCUT2D eigenvalue weighted by Gasteiger charge is -2.31. The molecule has 3 rings (SSSR count). The fourth-order valence-electron chi connectivity index (χ4n) is 3.33. The van der Waals surface area contributed by atoms with Crippen LogP contribution in [0, 0.1) is 19.8 Å². The number of anilines is 1. The van der Waals surface area contributed by atoms with Crippen LogP contribution in [0.2, 0.25) is 0 Å². The van der Waals surface area contributed by atoms with Crippen LogP contribution in [0.15, 0.2) is 47.4 Å². The van der Waals surface area contributed by atoms with Crippen LogP contribution in [0.5, 0.6) is 0 Å². The van der Waals surface area contributed by atoms with Gasteiger partial charge in [0.05, 0.1) is 4.90 Å². The van der Waals surface area contributed by atoms with Gasteiger partial charge in [-0.3, -0.25) is 9.52 Å². The summed E-state index contributed by atoms with van der Waals surface area (Å²) in [6.07, 6.45) is 2.18. The van der Waals surface area contributed by atoms with E-state index in [4.69, 9.17) is 0 Å². The van der Waals surface area contributed by atoms with Crippen molar-refractivity contribution < 1.29 is 13.2 Å². The second kappa shape index (κ2) is 7.72. The Kier molecular flexibility index (Phi) is 5.56. The molecule has 1 unspecified atom stereocenters. The molecule has 1 fully saturated rings. The summed E-state index contributed by atoms with van der Waals surface area (Å²) in [4.78, 5) is 14.7.